The first kappa shape index (κ1) is 18.0. The summed E-state index contributed by atoms with van der Waals surface area (Å²) in [6.07, 6.45) is 2.43. The Bertz CT molecular complexity index is 392. The maximum atomic E-state index is 9.51. The molecular weight excluding hydrogens is 266 g/mol. The second kappa shape index (κ2) is 9.03. The largest absolute Gasteiger partial charge is 0.494 e. The molecule has 0 bridgehead atoms. The van der Waals surface area contributed by atoms with Crippen molar-refractivity contribution < 1.29 is 14.9 Å². The van der Waals surface area contributed by atoms with E-state index in [1.807, 2.05) is 31.2 Å². The molecule has 1 atom stereocenters. The van der Waals surface area contributed by atoms with Gasteiger partial charge in [-0.1, -0.05) is 26.0 Å². The minimum Gasteiger partial charge on any atom is -0.494 e. The first-order valence-electron chi connectivity index (χ1n) is 7.70. The number of rotatable bonds is 10. The molecule has 21 heavy (non-hydrogen) atoms. The van der Waals surface area contributed by atoms with Gasteiger partial charge < -0.3 is 20.3 Å². The van der Waals surface area contributed by atoms with E-state index in [9.17, 15) is 5.11 Å². The molecule has 0 spiro atoms. The lowest BCUT2D eigenvalue weighted by molar-refractivity contribution is 0.147. The number of aliphatic hydroxyl groups excluding tert-OH is 2. The zero-order valence-corrected chi connectivity index (χ0v) is 13.4. The Morgan fingerprint density at radius 1 is 1.19 bits per heavy atom. The van der Waals surface area contributed by atoms with Crippen LogP contribution in [0.25, 0.3) is 0 Å². The predicted octanol–water partition coefficient (Wildman–Crippen LogP) is 2.13. The van der Waals surface area contributed by atoms with Crippen LogP contribution in [0.1, 0.15) is 39.2 Å². The number of benzene rings is 1. The molecule has 0 heterocycles. The summed E-state index contributed by atoms with van der Waals surface area (Å²) in [6, 6.07) is 8.17. The summed E-state index contributed by atoms with van der Waals surface area (Å²) in [5.74, 6) is 0.846. The second-order valence-corrected chi connectivity index (χ2v) is 6.09. The molecule has 0 aliphatic rings. The molecule has 1 aromatic carbocycles. The monoisotopic (exact) mass is 295 g/mol. The Hall–Kier alpha value is -1.10. The Kier molecular flexibility index (Phi) is 7.72. The predicted molar refractivity (Wildman–Crippen MR) is 85.7 cm³/mol. The van der Waals surface area contributed by atoms with Gasteiger partial charge in [-0.25, -0.2) is 0 Å². The smallest absolute Gasteiger partial charge is 0.119 e. The normalized spacial score (nSPS) is 14.2. The highest BCUT2D eigenvalue weighted by Gasteiger charge is 2.23. The van der Waals surface area contributed by atoms with Crippen LogP contribution in [0.5, 0.6) is 5.75 Å². The Morgan fingerprint density at radius 2 is 1.86 bits per heavy atom. The van der Waals surface area contributed by atoms with Crippen LogP contribution in [0.4, 0.5) is 0 Å². The molecule has 0 amide bonds. The highest BCUT2D eigenvalue weighted by atomic mass is 16.5. The van der Waals surface area contributed by atoms with Gasteiger partial charge >= 0.3 is 0 Å². The molecule has 1 rings (SSSR count). The van der Waals surface area contributed by atoms with Crippen LogP contribution in [-0.4, -0.2) is 41.6 Å². The second-order valence-electron chi connectivity index (χ2n) is 6.09. The lowest BCUT2D eigenvalue weighted by Gasteiger charge is -2.31. The zero-order chi connectivity index (χ0) is 15.7. The lowest BCUT2D eigenvalue weighted by atomic mass is 9.96. The van der Waals surface area contributed by atoms with Gasteiger partial charge in [0, 0.05) is 18.2 Å². The topological polar surface area (TPSA) is 61.7 Å². The summed E-state index contributed by atoms with van der Waals surface area (Å²) in [6.45, 7) is 7.13. The van der Waals surface area contributed by atoms with Gasteiger partial charge in [-0.15, -0.1) is 0 Å². The third-order valence-electron chi connectivity index (χ3n) is 3.45. The number of hydrogen-bond donors (Lipinski definition) is 3. The van der Waals surface area contributed by atoms with Crippen LogP contribution in [-0.2, 0) is 6.42 Å². The van der Waals surface area contributed by atoms with E-state index >= 15 is 0 Å². The fourth-order valence-corrected chi connectivity index (χ4v) is 2.43. The van der Waals surface area contributed by atoms with Gasteiger partial charge in [-0.05, 0) is 43.9 Å². The maximum Gasteiger partial charge on any atom is 0.119 e. The van der Waals surface area contributed by atoms with Crippen molar-refractivity contribution >= 4 is 0 Å². The van der Waals surface area contributed by atoms with E-state index in [1.165, 1.54) is 0 Å². The minimum atomic E-state index is -0.248. The van der Waals surface area contributed by atoms with Crippen LogP contribution in [0.15, 0.2) is 24.3 Å². The third kappa shape index (κ3) is 6.93. The molecule has 0 saturated heterocycles. The van der Waals surface area contributed by atoms with Crippen LogP contribution in [0.2, 0.25) is 0 Å². The Labute approximate surface area is 128 Å². The van der Waals surface area contributed by atoms with Crippen molar-refractivity contribution in [3.05, 3.63) is 29.8 Å². The molecular formula is C17H29NO3. The van der Waals surface area contributed by atoms with Gasteiger partial charge in [0.2, 0.25) is 0 Å². The molecule has 0 fully saturated rings. The summed E-state index contributed by atoms with van der Waals surface area (Å²) in [7, 11) is 0. The number of ether oxygens (including phenoxy) is 1. The molecule has 4 heteroatoms. The summed E-state index contributed by atoms with van der Waals surface area (Å²) in [5, 5.41) is 21.8. The van der Waals surface area contributed by atoms with E-state index in [0.717, 1.165) is 24.2 Å². The van der Waals surface area contributed by atoms with E-state index in [4.69, 9.17) is 9.84 Å². The van der Waals surface area contributed by atoms with Gasteiger partial charge in [-0.3, -0.25) is 0 Å². The van der Waals surface area contributed by atoms with Crippen molar-refractivity contribution in [2.24, 2.45) is 0 Å². The van der Waals surface area contributed by atoms with E-state index in [0.29, 0.717) is 19.1 Å². The third-order valence-corrected chi connectivity index (χ3v) is 3.45. The average molecular weight is 295 g/mol. The fraction of sp³-hybridized carbons (Fsp3) is 0.647. The first-order valence-corrected chi connectivity index (χ1v) is 7.70. The van der Waals surface area contributed by atoms with E-state index in [-0.39, 0.29) is 18.8 Å². The van der Waals surface area contributed by atoms with Gasteiger partial charge in [0.1, 0.15) is 5.75 Å². The maximum absolute atomic E-state index is 9.51. The average Bonchev–Trinajstić information content (AvgIpc) is 2.45. The molecule has 1 aromatic rings. The van der Waals surface area contributed by atoms with Crippen molar-refractivity contribution in [3.8, 4) is 5.75 Å². The summed E-state index contributed by atoms with van der Waals surface area (Å²) in [5.41, 5.74) is 0.863. The lowest BCUT2D eigenvalue weighted by Crippen LogP contribution is -2.49. The summed E-state index contributed by atoms with van der Waals surface area (Å²) >= 11 is 0. The molecule has 4 nitrogen and oxygen atoms in total. The van der Waals surface area contributed by atoms with Crippen molar-refractivity contribution in [1.82, 2.24) is 5.32 Å². The van der Waals surface area contributed by atoms with Crippen LogP contribution in [0, 0.1) is 0 Å². The minimum absolute atomic E-state index is 0.126. The van der Waals surface area contributed by atoms with Crippen LogP contribution in [0.3, 0.4) is 0 Å². The SMILES string of the molecule is CC(C)NC(C)(CO)CCCOc1ccc(CCO)cc1. The van der Waals surface area contributed by atoms with E-state index < -0.39 is 0 Å². The van der Waals surface area contributed by atoms with Gasteiger partial charge in [0.25, 0.3) is 0 Å². The summed E-state index contributed by atoms with van der Waals surface area (Å²) in [4.78, 5) is 0. The highest BCUT2D eigenvalue weighted by Crippen LogP contribution is 2.16. The quantitative estimate of drug-likeness (QED) is 0.579. The van der Waals surface area contributed by atoms with Crippen LogP contribution >= 0.6 is 0 Å². The van der Waals surface area contributed by atoms with Gasteiger partial charge in [0.15, 0.2) is 0 Å². The van der Waals surface area contributed by atoms with Gasteiger partial charge in [0.05, 0.1) is 13.2 Å². The number of nitrogens with one attached hydrogen (secondary N) is 1. The number of aliphatic hydroxyl groups is 2. The molecule has 3 N–H and O–H groups in total. The molecule has 1 unspecified atom stereocenters. The van der Waals surface area contributed by atoms with Crippen molar-refractivity contribution in [2.75, 3.05) is 19.8 Å². The molecule has 0 aliphatic carbocycles. The molecule has 0 saturated carbocycles. The molecule has 0 aromatic heterocycles. The Balaban J connectivity index is 2.32. The molecule has 120 valence electrons. The highest BCUT2D eigenvalue weighted by molar-refractivity contribution is 5.27. The first-order chi connectivity index (χ1) is 9.99. The molecule has 0 radical (unpaired) electrons. The van der Waals surface area contributed by atoms with Crippen molar-refractivity contribution in [1.29, 1.82) is 0 Å². The van der Waals surface area contributed by atoms with Crippen LogP contribution < -0.4 is 10.1 Å². The zero-order valence-electron chi connectivity index (χ0n) is 13.4. The van der Waals surface area contributed by atoms with Gasteiger partial charge in [-0.2, -0.15) is 0 Å². The Morgan fingerprint density at radius 3 is 2.38 bits per heavy atom. The van der Waals surface area contributed by atoms with Crippen molar-refractivity contribution in [2.45, 2.75) is 51.6 Å². The molecule has 0 aliphatic heterocycles. The standard InChI is InChI=1S/C17H29NO3/c1-14(2)18-17(3,13-20)10-4-12-21-16-7-5-15(6-8-16)9-11-19/h5-8,14,18-20H,4,9-13H2,1-3H3. The van der Waals surface area contributed by atoms with E-state index in [2.05, 4.69) is 19.2 Å². The number of hydrogen-bond acceptors (Lipinski definition) is 4. The van der Waals surface area contributed by atoms with Crippen molar-refractivity contribution in [3.63, 3.8) is 0 Å². The summed E-state index contributed by atoms with van der Waals surface area (Å²) < 4.78 is 5.71. The van der Waals surface area contributed by atoms with E-state index in [1.54, 1.807) is 0 Å². The fourth-order valence-electron chi connectivity index (χ4n) is 2.43.